The van der Waals surface area contributed by atoms with Gasteiger partial charge in [-0.15, -0.1) is 0 Å². The highest BCUT2D eigenvalue weighted by Crippen LogP contribution is 2.24. The minimum Gasteiger partial charge on any atom is -0.481 e. The summed E-state index contributed by atoms with van der Waals surface area (Å²) < 4.78 is 0. The number of rotatable bonds is 3. The van der Waals surface area contributed by atoms with E-state index in [1.54, 1.807) is 11.8 Å². The number of urea groups is 1. The molecule has 6 heteroatoms. The Morgan fingerprint density at radius 3 is 2.41 bits per heavy atom. The fourth-order valence-electron chi connectivity index (χ4n) is 1.78. The molecule has 2 amide bonds. The van der Waals surface area contributed by atoms with Crippen LogP contribution in [0.15, 0.2) is 0 Å². The van der Waals surface area contributed by atoms with Crippen LogP contribution in [0.1, 0.15) is 20.8 Å². The molecule has 5 nitrogen and oxygen atoms in total. The van der Waals surface area contributed by atoms with Crippen LogP contribution in [-0.4, -0.2) is 52.1 Å². The monoisotopic (exact) mass is 260 g/mol. The second-order valence-electron chi connectivity index (χ2n) is 4.59. The van der Waals surface area contributed by atoms with Crippen LogP contribution in [0.5, 0.6) is 0 Å². The first kappa shape index (κ1) is 14.2. The van der Waals surface area contributed by atoms with Gasteiger partial charge in [-0.25, -0.2) is 4.79 Å². The molecule has 1 saturated heterocycles. The van der Waals surface area contributed by atoms with E-state index < -0.39 is 11.9 Å². The van der Waals surface area contributed by atoms with Gasteiger partial charge in [-0.05, 0) is 0 Å². The van der Waals surface area contributed by atoms with E-state index in [9.17, 15) is 9.59 Å². The number of thioether (sulfide) groups is 1. The Hall–Kier alpha value is -0.910. The van der Waals surface area contributed by atoms with Gasteiger partial charge in [0.1, 0.15) is 0 Å². The molecule has 98 valence electrons. The molecule has 2 N–H and O–H groups in total. The molecule has 1 rings (SSSR count). The molecule has 0 aromatic rings. The molecule has 17 heavy (non-hydrogen) atoms. The number of carbonyl (C=O) groups is 2. The molecule has 0 radical (unpaired) electrons. The highest BCUT2D eigenvalue weighted by Gasteiger charge is 2.26. The van der Waals surface area contributed by atoms with Crippen LogP contribution in [0.4, 0.5) is 4.79 Å². The Kier molecular flexibility index (Phi) is 5.11. The SMILES string of the molecule is CC1CN(C(=O)NCC(C)C(=O)O)CC(C)S1. The fourth-order valence-corrected chi connectivity index (χ4v) is 3.11. The second-order valence-corrected chi connectivity index (χ2v) is 6.47. The summed E-state index contributed by atoms with van der Waals surface area (Å²) in [7, 11) is 0. The van der Waals surface area contributed by atoms with Crippen LogP contribution in [0, 0.1) is 5.92 Å². The quantitative estimate of drug-likeness (QED) is 0.801. The van der Waals surface area contributed by atoms with E-state index in [0.717, 1.165) is 13.1 Å². The smallest absolute Gasteiger partial charge is 0.317 e. The van der Waals surface area contributed by atoms with E-state index in [1.165, 1.54) is 0 Å². The number of aliphatic carboxylic acids is 1. The Morgan fingerprint density at radius 1 is 1.41 bits per heavy atom. The second kappa shape index (κ2) is 6.14. The largest absolute Gasteiger partial charge is 0.481 e. The lowest BCUT2D eigenvalue weighted by atomic mass is 10.2. The van der Waals surface area contributed by atoms with E-state index in [0.29, 0.717) is 10.5 Å². The topological polar surface area (TPSA) is 69.6 Å². The lowest BCUT2D eigenvalue weighted by molar-refractivity contribution is -0.140. The number of nitrogens with zero attached hydrogens (tertiary/aromatic N) is 1. The summed E-state index contributed by atoms with van der Waals surface area (Å²) in [5.74, 6) is -1.44. The van der Waals surface area contributed by atoms with Gasteiger partial charge in [0.2, 0.25) is 0 Å². The van der Waals surface area contributed by atoms with Crippen molar-refractivity contribution in [1.29, 1.82) is 0 Å². The molecule has 0 saturated carbocycles. The van der Waals surface area contributed by atoms with Crippen molar-refractivity contribution in [1.82, 2.24) is 10.2 Å². The highest BCUT2D eigenvalue weighted by molar-refractivity contribution is 8.00. The molecule has 0 aromatic heterocycles. The minimum atomic E-state index is -0.888. The van der Waals surface area contributed by atoms with Gasteiger partial charge in [0.15, 0.2) is 0 Å². The molecule has 1 aliphatic heterocycles. The molecule has 3 atom stereocenters. The van der Waals surface area contributed by atoms with Crippen molar-refractivity contribution in [3.63, 3.8) is 0 Å². The van der Waals surface area contributed by atoms with Crippen LogP contribution < -0.4 is 5.32 Å². The Labute approximate surface area is 106 Å². The van der Waals surface area contributed by atoms with Crippen molar-refractivity contribution in [2.45, 2.75) is 31.3 Å². The predicted octanol–water partition coefficient (Wildman–Crippen LogP) is 1.24. The number of nitrogens with one attached hydrogen (secondary N) is 1. The van der Waals surface area contributed by atoms with E-state index in [2.05, 4.69) is 19.2 Å². The van der Waals surface area contributed by atoms with Gasteiger partial charge in [0, 0.05) is 30.1 Å². The molecular formula is C11H20N2O3S. The van der Waals surface area contributed by atoms with Gasteiger partial charge in [-0.3, -0.25) is 4.79 Å². The summed E-state index contributed by atoms with van der Waals surface area (Å²) in [6, 6.07) is -0.155. The molecule has 0 aliphatic carbocycles. The van der Waals surface area contributed by atoms with Crippen molar-refractivity contribution in [3.05, 3.63) is 0 Å². The van der Waals surface area contributed by atoms with Crippen LogP contribution in [-0.2, 0) is 4.79 Å². The number of carbonyl (C=O) groups excluding carboxylic acids is 1. The first-order valence-corrected chi connectivity index (χ1v) is 6.75. The number of hydrogen-bond acceptors (Lipinski definition) is 3. The third-order valence-corrected chi connectivity index (χ3v) is 3.92. The van der Waals surface area contributed by atoms with Crippen LogP contribution >= 0.6 is 11.8 Å². The maximum atomic E-state index is 11.8. The van der Waals surface area contributed by atoms with Crippen LogP contribution in [0.3, 0.4) is 0 Å². The van der Waals surface area contributed by atoms with Gasteiger partial charge >= 0.3 is 12.0 Å². The van der Waals surface area contributed by atoms with Crippen molar-refractivity contribution in [2.24, 2.45) is 5.92 Å². The predicted molar refractivity (Wildman–Crippen MR) is 68.3 cm³/mol. The Balaban J connectivity index is 2.39. The van der Waals surface area contributed by atoms with E-state index in [1.807, 2.05) is 11.8 Å². The first-order valence-electron chi connectivity index (χ1n) is 5.81. The summed E-state index contributed by atoms with van der Waals surface area (Å²) in [5.41, 5.74) is 0. The highest BCUT2D eigenvalue weighted by atomic mass is 32.2. The maximum absolute atomic E-state index is 11.8. The van der Waals surface area contributed by atoms with E-state index in [-0.39, 0.29) is 12.6 Å². The maximum Gasteiger partial charge on any atom is 0.317 e. The Morgan fingerprint density at radius 2 is 1.94 bits per heavy atom. The lowest BCUT2D eigenvalue weighted by Crippen LogP contribution is -2.49. The molecule has 0 aromatic carbocycles. The van der Waals surface area contributed by atoms with Crippen molar-refractivity contribution in [3.8, 4) is 0 Å². The average molecular weight is 260 g/mol. The molecule has 1 aliphatic rings. The molecule has 0 bridgehead atoms. The summed E-state index contributed by atoms with van der Waals surface area (Å²) in [6.45, 7) is 7.41. The lowest BCUT2D eigenvalue weighted by Gasteiger charge is -2.34. The third-order valence-electron chi connectivity index (χ3n) is 2.69. The van der Waals surface area contributed by atoms with Crippen molar-refractivity contribution in [2.75, 3.05) is 19.6 Å². The van der Waals surface area contributed by atoms with Crippen LogP contribution in [0.25, 0.3) is 0 Å². The zero-order valence-electron chi connectivity index (χ0n) is 10.5. The van der Waals surface area contributed by atoms with Gasteiger partial charge in [-0.2, -0.15) is 11.8 Å². The molecule has 0 spiro atoms. The first-order chi connectivity index (χ1) is 7.90. The van der Waals surface area contributed by atoms with Gasteiger partial charge in [-0.1, -0.05) is 20.8 Å². The summed E-state index contributed by atoms with van der Waals surface area (Å²) in [5, 5.41) is 12.3. The van der Waals surface area contributed by atoms with E-state index >= 15 is 0 Å². The van der Waals surface area contributed by atoms with Gasteiger partial charge in [0.25, 0.3) is 0 Å². The van der Waals surface area contributed by atoms with Gasteiger partial charge in [0.05, 0.1) is 5.92 Å². The number of hydrogen-bond donors (Lipinski definition) is 2. The number of amides is 2. The number of carboxylic acids is 1. The summed E-state index contributed by atoms with van der Waals surface area (Å²) in [4.78, 5) is 24.2. The van der Waals surface area contributed by atoms with Crippen molar-refractivity contribution >= 4 is 23.8 Å². The van der Waals surface area contributed by atoms with Crippen molar-refractivity contribution < 1.29 is 14.7 Å². The van der Waals surface area contributed by atoms with Gasteiger partial charge < -0.3 is 15.3 Å². The summed E-state index contributed by atoms with van der Waals surface area (Å²) >= 11 is 1.88. The molecule has 3 unspecified atom stereocenters. The minimum absolute atomic E-state index is 0.155. The molecule has 1 heterocycles. The standard InChI is InChI=1S/C11H20N2O3S/c1-7(10(14)15)4-12-11(16)13-5-8(2)17-9(3)6-13/h7-9H,4-6H2,1-3H3,(H,12,16)(H,14,15). The molecular weight excluding hydrogens is 240 g/mol. The van der Waals surface area contributed by atoms with E-state index in [4.69, 9.17) is 5.11 Å². The normalized spacial score (nSPS) is 26.4. The molecule has 1 fully saturated rings. The zero-order valence-corrected chi connectivity index (χ0v) is 11.3. The Bertz CT molecular complexity index is 288. The average Bonchev–Trinajstić information content (AvgIpc) is 2.23. The number of carboxylic acid groups (broad SMARTS) is 1. The van der Waals surface area contributed by atoms with Crippen LogP contribution in [0.2, 0.25) is 0 Å². The fraction of sp³-hybridized carbons (Fsp3) is 0.818. The zero-order chi connectivity index (χ0) is 13.0. The third kappa shape index (κ3) is 4.46. The summed E-state index contributed by atoms with van der Waals surface area (Å²) in [6.07, 6.45) is 0.